The second-order valence-corrected chi connectivity index (χ2v) is 11.3. The lowest BCUT2D eigenvalue weighted by Gasteiger charge is -2.61. The number of aldehydes is 1. The van der Waals surface area contributed by atoms with Crippen molar-refractivity contribution in [3.8, 4) is 0 Å². The molecule has 5 saturated carbocycles. The van der Waals surface area contributed by atoms with Crippen LogP contribution < -0.4 is 0 Å². The van der Waals surface area contributed by atoms with Crippen molar-refractivity contribution < 1.29 is 9.53 Å². The maximum Gasteiger partial charge on any atom is 0.120 e. The summed E-state index contributed by atoms with van der Waals surface area (Å²) in [6.07, 6.45) is 13.7. The zero-order chi connectivity index (χ0) is 18.3. The highest BCUT2D eigenvalue weighted by atomic mass is 16.5. The molecule has 0 saturated heterocycles. The van der Waals surface area contributed by atoms with Crippen LogP contribution in [-0.2, 0) is 9.53 Å². The average Bonchev–Trinajstić information content (AvgIpc) is 3.12. The minimum absolute atomic E-state index is 0.463. The molecule has 1 spiro atoms. The molecule has 2 nitrogen and oxygen atoms in total. The van der Waals surface area contributed by atoms with Crippen LogP contribution in [0.3, 0.4) is 0 Å². The van der Waals surface area contributed by atoms with Gasteiger partial charge in [-0.3, -0.25) is 0 Å². The van der Waals surface area contributed by atoms with E-state index in [0.717, 1.165) is 42.3 Å². The SMILES string of the molecule is CO[C@@H]1C[C@H]2[C@@H]3CC[C@H]([C@H](C)CC=O)[C@@]3(C)CC[C@@H]2[C@@]2(C)CC[C@@H]3CC312. The summed E-state index contributed by atoms with van der Waals surface area (Å²) in [6, 6.07) is 0. The molecule has 1 unspecified atom stereocenters. The molecule has 0 aromatic carbocycles. The summed E-state index contributed by atoms with van der Waals surface area (Å²) < 4.78 is 6.21. The first-order chi connectivity index (χ1) is 12.4. The number of rotatable bonds is 4. The smallest absolute Gasteiger partial charge is 0.120 e. The Labute approximate surface area is 159 Å². The fraction of sp³-hybridized carbons (Fsp3) is 0.958. The van der Waals surface area contributed by atoms with Crippen LogP contribution in [0.2, 0.25) is 0 Å². The van der Waals surface area contributed by atoms with Crippen molar-refractivity contribution in [2.24, 2.45) is 51.8 Å². The molecule has 0 heterocycles. The van der Waals surface area contributed by atoms with Gasteiger partial charge in [0.2, 0.25) is 0 Å². The summed E-state index contributed by atoms with van der Waals surface area (Å²) in [5.74, 6) is 4.94. The molecule has 0 radical (unpaired) electrons. The first-order valence-corrected chi connectivity index (χ1v) is 11.4. The predicted octanol–water partition coefficient (Wildman–Crippen LogP) is 5.50. The van der Waals surface area contributed by atoms with Gasteiger partial charge in [-0.2, -0.15) is 0 Å². The number of carbonyl (C=O) groups is 1. The van der Waals surface area contributed by atoms with Crippen LogP contribution >= 0.6 is 0 Å². The van der Waals surface area contributed by atoms with Crippen molar-refractivity contribution in [3.63, 3.8) is 0 Å². The maximum absolute atomic E-state index is 11.1. The van der Waals surface area contributed by atoms with Gasteiger partial charge in [0.15, 0.2) is 0 Å². The van der Waals surface area contributed by atoms with Gasteiger partial charge < -0.3 is 9.53 Å². The van der Waals surface area contributed by atoms with E-state index in [0.29, 0.717) is 28.3 Å². The second kappa shape index (κ2) is 5.58. The van der Waals surface area contributed by atoms with Gasteiger partial charge in [0, 0.05) is 18.9 Å². The Bertz CT molecular complexity index is 601. The van der Waals surface area contributed by atoms with E-state index in [2.05, 4.69) is 20.8 Å². The summed E-state index contributed by atoms with van der Waals surface area (Å²) in [6.45, 7) is 7.59. The monoisotopic (exact) mass is 358 g/mol. The fourth-order valence-corrected chi connectivity index (χ4v) is 9.87. The van der Waals surface area contributed by atoms with E-state index in [1.807, 2.05) is 7.11 Å². The number of fused-ring (bicyclic) bond motifs is 4. The molecule has 0 aliphatic heterocycles. The van der Waals surface area contributed by atoms with E-state index in [1.54, 1.807) is 0 Å². The van der Waals surface area contributed by atoms with E-state index in [9.17, 15) is 4.79 Å². The lowest BCUT2D eigenvalue weighted by molar-refractivity contribution is -0.161. The minimum atomic E-state index is 0.463. The maximum atomic E-state index is 11.1. The molecular weight excluding hydrogens is 320 g/mol. The minimum Gasteiger partial charge on any atom is -0.381 e. The van der Waals surface area contributed by atoms with Gasteiger partial charge in [0.25, 0.3) is 0 Å². The Morgan fingerprint density at radius 1 is 1.12 bits per heavy atom. The predicted molar refractivity (Wildman–Crippen MR) is 104 cm³/mol. The number of carbonyl (C=O) groups excluding carboxylic acids is 1. The summed E-state index contributed by atoms with van der Waals surface area (Å²) in [7, 11) is 1.99. The normalized spacial score (nSPS) is 58.3. The number of ether oxygens (including phenoxy) is 1. The lowest BCUT2D eigenvalue weighted by atomic mass is 9.45. The average molecular weight is 359 g/mol. The third-order valence-corrected chi connectivity index (χ3v) is 11.1. The van der Waals surface area contributed by atoms with E-state index >= 15 is 0 Å². The van der Waals surface area contributed by atoms with Crippen LogP contribution in [0.1, 0.15) is 78.6 Å². The Kier molecular flexibility index (Phi) is 3.80. The highest BCUT2D eigenvalue weighted by Crippen LogP contribution is 2.82. The number of hydrogen-bond donors (Lipinski definition) is 0. The molecule has 5 aliphatic rings. The van der Waals surface area contributed by atoms with Gasteiger partial charge in [-0.05, 0) is 97.7 Å². The van der Waals surface area contributed by atoms with Crippen molar-refractivity contribution >= 4 is 6.29 Å². The van der Waals surface area contributed by atoms with Crippen molar-refractivity contribution in [1.29, 1.82) is 0 Å². The van der Waals surface area contributed by atoms with Gasteiger partial charge >= 0.3 is 0 Å². The number of methoxy groups -OCH3 is 1. The van der Waals surface area contributed by atoms with Crippen molar-refractivity contribution in [2.45, 2.75) is 84.7 Å². The topological polar surface area (TPSA) is 26.3 Å². The Hall–Kier alpha value is -0.370. The molecule has 10 atom stereocenters. The van der Waals surface area contributed by atoms with Gasteiger partial charge in [0.05, 0.1) is 6.10 Å². The zero-order valence-corrected chi connectivity index (χ0v) is 17.3. The van der Waals surface area contributed by atoms with Gasteiger partial charge in [-0.15, -0.1) is 0 Å². The molecule has 0 bridgehead atoms. The van der Waals surface area contributed by atoms with Gasteiger partial charge in [0.1, 0.15) is 6.29 Å². The van der Waals surface area contributed by atoms with Crippen molar-refractivity contribution in [1.82, 2.24) is 0 Å². The summed E-state index contributed by atoms with van der Waals surface area (Å²) >= 11 is 0. The Balaban J connectivity index is 1.47. The zero-order valence-electron chi connectivity index (χ0n) is 17.3. The summed E-state index contributed by atoms with van der Waals surface area (Å²) in [4.78, 5) is 11.1. The molecule has 0 amide bonds. The van der Waals surface area contributed by atoms with Crippen LogP contribution in [0.25, 0.3) is 0 Å². The van der Waals surface area contributed by atoms with Crippen LogP contribution in [0.4, 0.5) is 0 Å². The molecule has 2 heteroatoms. The van der Waals surface area contributed by atoms with E-state index in [4.69, 9.17) is 4.74 Å². The molecule has 0 aromatic rings. The van der Waals surface area contributed by atoms with Crippen molar-refractivity contribution in [3.05, 3.63) is 0 Å². The fourth-order valence-electron chi connectivity index (χ4n) is 9.87. The van der Waals surface area contributed by atoms with Crippen molar-refractivity contribution in [2.75, 3.05) is 7.11 Å². The van der Waals surface area contributed by atoms with Crippen LogP contribution in [0, 0.1) is 51.8 Å². The molecule has 5 fully saturated rings. The first kappa shape index (κ1) is 17.7. The standard InChI is InChI=1S/C24H38O2/c1-15(9-12-25)18-5-6-19-17-13-21(26-4)24-14-16(24)7-11-23(24,3)20(17)8-10-22(18,19)2/h12,15-21H,5-11,13-14H2,1-4H3/t15-,16-,17+,18-,19+,20+,21-,22-,23-,24?/m1/s1. The van der Waals surface area contributed by atoms with Gasteiger partial charge in [-0.1, -0.05) is 20.8 Å². The lowest BCUT2D eigenvalue weighted by Crippen LogP contribution is -2.57. The molecular formula is C24H38O2. The van der Waals surface area contributed by atoms with Crippen LogP contribution in [-0.4, -0.2) is 19.5 Å². The van der Waals surface area contributed by atoms with Gasteiger partial charge in [-0.25, -0.2) is 0 Å². The molecule has 5 rings (SSSR count). The number of hydrogen-bond acceptors (Lipinski definition) is 2. The first-order valence-electron chi connectivity index (χ1n) is 11.4. The molecule has 26 heavy (non-hydrogen) atoms. The summed E-state index contributed by atoms with van der Waals surface area (Å²) in [5, 5.41) is 0. The Morgan fingerprint density at radius 2 is 1.92 bits per heavy atom. The Morgan fingerprint density at radius 3 is 2.62 bits per heavy atom. The third kappa shape index (κ3) is 1.91. The van der Waals surface area contributed by atoms with Crippen LogP contribution in [0.5, 0.6) is 0 Å². The highest BCUT2D eigenvalue weighted by molar-refractivity contribution is 5.49. The largest absolute Gasteiger partial charge is 0.381 e. The second-order valence-electron chi connectivity index (χ2n) is 11.3. The quantitative estimate of drug-likeness (QED) is 0.621. The molecule has 146 valence electrons. The van der Waals surface area contributed by atoms with E-state index in [-0.39, 0.29) is 0 Å². The van der Waals surface area contributed by atoms with E-state index in [1.165, 1.54) is 51.4 Å². The molecule has 0 aromatic heterocycles. The molecule has 5 aliphatic carbocycles. The van der Waals surface area contributed by atoms with E-state index < -0.39 is 0 Å². The highest BCUT2D eigenvalue weighted by Gasteiger charge is 2.77. The van der Waals surface area contributed by atoms with Crippen LogP contribution in [0.15, 0.2) is 0 Å². The molecule has 0 N–H and O–H groups in total. The third-order valence-electron chi connectivity index (χ3n) is 11.1. The summed E-state index contributed by atoms with van der Waals surface area (Å²) in [5.41, 5.74) is 1.54.